The Morgan fingerprint density at radius 3 is 2.36 bits per heavy atom. The van der Waals surface area contributed by atoms with Crippen LogP contribution in [0.4, 0.5) is 4.79 Å². The van der Waals surface area contributed by atoms with E-state index in [1.807, 2.05) is 35.8 Å². The van der Waals surface area contributed by atoms with Crippen LogP contribution in [0.2, 0.25) is 5.02 Å². The van der Waals surface area contributed by atoms with Crippen LogP contribution in [0.25, 0.3) is 5.00 Å². The van der Waals surface area contributed by atoms with E-state index in [2.05, 4.69) is 34.7 Å². The highest BCUT2D eigenvalue weighted by molar-refractivity contribution is 7.15. The summed E-state index contributed by atoms with van der Waals surface area (Å²) >= 11 is 7.82. The molecule has 0 saturated carbocycles. The second kappa shape index (κ2) is 13.2. The number of amides is 2. The molecule has 39 heavy (non-hydrogen) atoms. The van der Waals surface area contributed by atoms with Crippen LogP contribution in [0, 0.1) is 20.8 Å². The van der Waals surface area contributed by atoms with Gasteiger partial charge < -0.3 is 25.2 Å². The second-order valence-corrected chi connectivity index (χ2v) is 10.6. The lowest BCUT2D eigenvalue weighted by atomic mass is 9.99. The van der Waals surface area contributed by atoms with Crippen LogP contribution in [-0.2, 0) is 14.3 Å². The van der Waals surface area contributed by atoms with Gasteiger partial charge in [-0.2, -0.15) is 0 Å². The molecular formula is C26H31ClN6O5S. The standard InChI is InChI=1S/C26H31ClN6O5S/c1-15-16(2)39-25-22(15)23(18-4-6-19(27)7-5-18)30-20(24-32-31-17(3)33(24)25)14-21(34)28-8-10-37-12-13-38-11-9-29-26(35)36/h4-7,20,29H,8-14H2,1-3H3,(H,28,34)(H,35,36). The van der Waals surface area contributed by atoms with Crippen LogP contribution < -0.4 is 10.6 Å². The lowest BCUT2D eigenvalue weighted by Gasteiger charge is -2.13. The maximum absolute atomic E-state index is 12.9. The summed E-state index contributed by atoms with van der Waals surface area (Å²) in [4.78, 5) is 29.6. The highest BCUT2D eigenvalue weighted by atomic mass is 35.5. The number of aromatic nitrogens is 3. The minimum absolute atomic E-state index is 0.0991. The van der Waals surface area contributed by atoms with Crippen molar-refractivity contribution in [1.29, 1.82) is 0 Å². The molecule has 3 N–H and O–H groups in total. The Bertz CT molecular complexity index is 1350. The van der Waals surface area contributed by atoms with Gasteiger partial charge in [0.25, 0.3) is 0 Å². The van der Waals surface area contributed by atoms with Crippen molar-refractivity contribution < 1.29 is 24.2 Å². The van der Waals surface area contributed by atoms with Gasteiger partial charge >= 0.3 is 6.09 Å². The van der Waals surface area contributed by atoms with E-state index in [9.17, 15) is 9.59 Å². The van der Waals surface area contributed by atoms with Gasteiger partial charge in [-0.1, -0.05) is 23.7 Å². The number of ether oxygens (including phenoxy) is 2. The Labute approximate surface area is 235 Å². The number of hydrogen-bond donors (Lipinski definition) is 3. The average molecular weight is 575 g/mol. The fourth-order valence-corrected chi connectivity index (χ4v) is 5.53. The van der Waals surface area contributed by atoms with Gasteiger partial charge in [0.15, 0.2) is 5.82 Å². The molecule has 0 bridgehead atoms. The van der Waals surface area contributed by atoms with E-state index in [-0.39, 0.29) is 25.5 Å². The summed E-state index contributed by atoms with van der Waals surface area (Å²) in [5, 5.41) is 24.0. The number of aliphatic imine (C=N–C) groups is 1. The number of aryl methyl sites for hydroxylation is 2. The highest BCUT2D eigenvalue weighted by Crippen LogP contribution is 2.39. The second-order valence-electron chi connectivity index (χ2n) is 8.92. The maximum Gasteiger partial charge on any atom is 0.404 e. The molecule has 2 amide bonds. The van der Waals surface area contributed by atoms with Crippen molar-refractivity contribution in [1.82, 2.24) is 25.4 Å². The van der Waals surface area contributed by atoms with Gasteiger partial charge in [-0.3, -0.25) is 14.4 Å². The number of benzene rings is 1. The number of carbonyl (C=O) groups is 2. The van der Waals surface area contributed by atoms with E-state index in [0.717, 1.165) is 33.2 Å². The first kappa shape index (κ1) is 28.7. The summed E-state index contributed by atoms with van der Waals surface area (Å²) in [5.74, 6) is 1.18. The molecule has 208 valence electrons. The van der Waals surface area contributed by atoms with E-state index in [1.165, 1.54) is 4.88 Å². The zero-order valence-electron chi connectivity index (χ0n) is 22.0. The molecule has 1 aliphatic rings. The predicted octanol–water partition coefficient (Wildman–Crippen LogP) is 3.61. The first-order valence-electron chi connectivity index (χ1n) is 12.5. The van der Waals surface area contributed by atoms with E-state index in [4.69, 9.17) is 31.2 Å². The molecule has 13 heteroatoms. The number of nitrogens with one attached hydrogen (secondary N) is 2. The molecule has 0 spiro atoms. The minimum Gasteiger partial charge on any atom is -0.465 e. The molecule has 0 aliphatic carbocycles. The molecular weight excluding hydrogens is 544 g/mol. The van der Waals surface area contributed by atoms with Crippen LogP contribution in [0.5, 0.6) is 0 Å². The lowest BCUT2D eigenvalue weighted by Crippen LogP contribution is -2.29. The summed E-state index contributed by atoms with van der Waals surface area (Å²) in [6.07, 6.45) is -0.986. The summed E-state index contributed by atoms with van der Waals surface area (Å²) < 4.78 is 12.8. The molecule has 0 fully saturated rings. The Kier molecular flexibility index (Phi) is 9.68. The zero-order valence-corrected chi connectivity index (χ0v) is 23.6. The van der Waals surface area contributed by atoms with Gasteiger partial charge in [0.2, 0.25) is 5.91 Å². The number of carboxylic acid groups (broad SMARTS) is 1. The van der Waals surface area contributed by atoms with Crippen molar-refractivity contribution in [2.75, 3.05) is 39.5 Å². The molecule has 1 aliphatic heterocycles. The normalized spacial score (nSPS) is 14.3. The van der Waals surface area contributed by atoms with Gasteiger partial charge in [0, 0.05) is 34.1 Å². The third kappa shape index (κ3) is 7.01. The molecule has 1 aromatic carbocycles. The number of halogens is 1. The van der Waals surface area contributed by atoms with Gasteiger partial charge in [0.1, 0.15) is 16.9 Å². The molecule has 2 aromatic heterocycles. The molecule has 0 saturated heterocycles. The number of hydrogen-bond acceptors (Lipinski definition) is 8. The van der Waals surface area contributed by atoms with Crippen molar-refractivity contribution in [2.45, 2.75) is 33.2 Å². The highest BCUT2D eigenvalue weighted by Gasteiger charge is 2.32. The topological polar surface area (TPSA) is 140 Å². The number of nitrogens with zero attached hydrogens (tertiary/aromatic N) is 4. The Morgan fingerprint density at radius 1 is 1.03 bits per heavy atom. The fraction of sp³-hybridized carbons (Fsp3) is 0.423. The first-order valence-corrected chi connectivity index (χ1v) is 13.7. The molecule has 0 radical (unpaired) electrons. The number of fused-ring (bicyclic) bond motifs is 3. The SMILES string of the molecule is Cc1sc2c(c1C)C(c1ccc(Cl)cc1)=NC(CC(=O)NCCOCCOCCNC(=O)O)c1nnc(C)n1-2. The Morgan fingerprint density at radius 2 is 1.69 bits per heavy atom. The Balaban J connectivity index is 1.43. The largest absolute Gasteiger partial charge is 0.465 e. The van der Waals surface area contributed by atoms with Gasteiger partial charge in [-0.15, -0.1) is 21.5 Å². The molecule has 4 rings (SSSR count). The average Bonchev–Trinajstić information content (AvgIpc) is 3.37. The van der Waals surface area contributed by atoms with Gasteiger partial charge in [-0.25, -0.2) is 4.79 Å². The van der Waals surface area contributed by atoms with Crippen LogP contribution in [0.1, 0.15) is 45.7 Å². The fourth-order valence-electron chi connectivity index (χ4n) is 4.20. The Hall–Kier alpha value is -3.32. The molecule has 11 nitrogen and oxygen atoms in total. The van der Waals surface area contributed by atoms with E-state index < -0.39 is 12.1 Å². The smallest absolute Gasteiger partial charge is 0.404 e. The van der Waals surface area contributed by atoms with Crippen molar-refractivity contribution >= 4 is 40.6 Å². The summed E-state index contributed by atoms with van der Waals surface area (Å²) in [6.45, 7) is 7.87. The van der Waals surface area contributed by atoms with E-state index >= 15 is 0 Å². The van der Waals surface area contributed by atoms with Gasteiger partial charge in [-0.05, 0) is 38.5 Å². The van der Waals surface area contributed by atoms with Crippen LogP contribution >= 0.6 is 22.9 Å². The first-order chi connectivity index (χ1) is 18.8. The summed E-state index contributed by atoms with van der Waals surface area (Å²) in [5.41, 5.74) is 3.86. The van der Waals surface area contributed by atoms with E-state index in [1.54, 1.807) is 11.3 Å². The van der Waals surface area contributed by atoms with Crippen LogP contribution in [0.15, 0.2) is 29.3 Å². The van der Waals surface area contributed by atoms with E-state index in [0.29, 0.717) is 37.2 Å². The van der Waals surface area contributed by atoms with Crippen molar-refractivity contribution in [2.24, 2.45) is 4.99 Å². The van der Waals surface area contributed by atoms with Gasteiger partial charge in [0.05, 0.1) is 38.6 Å². The number of carbonyl (C=O) groups excluding carboxylic acids is 1. The molecule has 1 atom stereocenters. The van der Waals surface area contributed by atoms with Crippen LogP contribution in [-0.4, -0.2) is 77.1 Å². The maximum atomic E-state index is 12.9. The summed E-state index contributed by atoms with van der Waals surface area (Å²) in [6, 6.07) is 7.02. The third-order valence-electron chi connectivity index (χ3n) is 6.20. The van der Waals surface area contributed by atoms with Crippen LogP contribution in [0.3, 0.4) is 0 Å². The quantitative estimate of drug-likeness (QED) is 0.281. The monoisotopic (exact) mass is 574 g/mol. The molecule has 1 unspecified atom stereocenters. The van der Waals surface area contributed by atoms with Crippen molar-refractivity contribution in [3.63, 3.8) is 0 Å². The van der Waals surface area contributed by atoms with Crippen molar-refractivity contribution in [3.05, 3.63) is 62.5 Å². The zero-order chi connectivity index (χ0) is 27.9. The lowest BCUT2D eigenvalue weighted by molar-refractivity contribution is -0.121. The molecule has 3 heterocycles. The number of rotatable bonds is 12. The number of thiophene rings is 1. The predicted molar refractivity (Wildman–Crippen MR) is 149 cm³/mol. The molecule has 3 aromatic rings. The van der Waals surface area contributed by atoms with Crippen molar-refractivity contribution in [3.8, 4) is 5.00 Å². The minimum atomic E-state index is -1.09. The summed E-state index contributed by atoms with van der Waals surface area (Å²) in [7, 11) is 0. The third-order valence-corrected chi connectivity index (χ3v) is 7.64.